The summed E-state index contributed by atoms with van der Waals surface area (Å²) in [7, 11) is 0. The van der Waals surface area contributed by atoms with Gasteiger partial charge in [-0.25, -0.2) is 0 Å². The molecule has 1 aliphatic rings. The molecule has 0 aromatic heterocycles. The molecular weight excluding hydrogens is 244 g/mol. The summed E-state index contributed by atoms with van der Waals surface area (Å²) in [6.07, 6.45) is 5.88. The van der Waals surface area contributed by atoms with Crippen molar-refractivity contribution in [1.29, 1.82) is 0 Å². The summed E-state index contributed by atoms with van der Waals surface area (Å²) in [6.45, 7) is 3.20. The second-order valence-corrected chi connectivity index (χ2v) is 5.23. The van der Waals surface area contributed by atoms with Crippen LogP contribution in [0.1, 0.15) is 32.6 Å². The molecule has 96 valence electrons. The van der Waals surface area contributed by atoms with Crippen molar-refractivity contribution in [1.82, 2.24) is 10.6 Å². The van der Waals surface area contributed by atoms with Gasteiger partial charge in [-0.05, 0) is 44.7 Å². The fourth-order valence-corrected chi connectivity index (χ4v) is 2.37. The average molecular weight is 267 g/mol. The number of rotatable bonds is 5. The molecule has 1 amide bonds. The number of hydrogen-bond donors (Lipinski definition) is 2. The first kappa shape index (κ1) is 16.1. The molecule has 1 fully saturated rings. The highest BCUT2D eigenvalue weighted by Gasteiger charge is 2.19. The Morgan fingerprint density at radius 1 is 1.56 bits per heavy atom. The molecular formula is C11H23ClN2OS. The summed E-state index contributed by atoms with van der Waals surface area (Å²) in [5, 5.41) is 6.50. The second-order valence-electron chi connectivity index (χ2n) is 4.24. The lowest BCUT2D eigenvalue weighted by Crippen LogP contribution is -2.46. The maximum Gasteiger partial charge on any atom is 0.220 e. The van der Waals surface area contributed by atoms with Crippen molar-refractivity contribution in [3.8, 4) is 0 Å². The van der Waals surface area contributed by atoms with Gasteiger partial charge in [0, 0.05) is 18.5 Å². The zero-order chi connectivity index (χ0) is 11.1. The molecule has 1 saturated heterocycles. The third kappa shape index (κ3) is 6.61. The first-order chi connectivity index (χ1) is 7.22. The van der Waals surface area contributed by atoms with Gasteiger partial charge in [0.1, 0.15) is 0 Å². The van der Waals surface area contributed by atoms with Gasteiger partial charge in [0.05, 0.1) is 0 Å². The third-order valence-electron chi connectivity index (χ3n) is 2.74. The topological polar surface area (TPSA) is 41.1 Å². The van der Waals surface area contributed by atoms with Crippen LogP contribution < -0.4 is 10.6 Å². The predicted octanol–water partition coefficient (Wildman–Crippen LogP) is 1.81. The Morgan fingerprint density at radius 3 is 2.94 bits per heavy atom. The Hall–Kier alpha value is 0.0700. The summed E-state index contributed by atoms with van der Waals surface area (Å²) in [5.41, 5.74) is 0. The maximum absolute atomic E-state index is 11.6. The van der Waals surface area contributed by atoms with E-state index >= 15 is 0 Å². The molecule has 0 radical (unpaired) electrons. The van der Waals surface area contributed by atoms with E-state index in [0.29, 0.717) is 18.5 Å². The van der Waals surface area contributed by atoms with Crippen LogP contribution in [0.5, 0.6) is 0 Å². The maximum atomic E-state index is 11.6. The quantitative estimate of drug-likeness (QED) is 0.746. The Balaban J connectivity index is 0.00000225. The molecule has 3 nitrogen and oxygen atoms in total. The van der Waals surface area contributed by atoms with Crippen LogP contribution in [-0.4, -0.2) is 36.5 Å². The van der Waals surface area contributed by atoms with E-state index in [0.717, 1.165) is 31.6 Å². The normalized spacial score (nSPS) is 24.6. The minimum absolute atomic E-state index is 0. The molecule has 1 heterocycles. The largest absolute Gasteiger partial charge is 0.353 e. The number of amides is 1. The van der Waals surface area contributed by atoms with Gasteiger partial charge in [-0.2, -0.15) is 11.8 Å². The molecule has 0 spiro atoms. The Bertz CT molecular complexity index is 204. The molecule has 2 N–H and O–H groups in total. The summed E-state index contributed by atoms with van der Waals surface area (Å²) < 4.78 is 0. The van der Waals surface area contributed by atoms with E-state index < -0.39 is 0 Å². The van der Waals surface area contributed by atoms with Crippen molar-refractivity contribution < 1.29 is 4.79 Å². The van der Waals surface area contributed by atoms with Crippen LogP contribution in [-0.2, 0) is 4.79 Å². The van der Waals surface area contributed by atoms with E-state index in [2.05, 4.69) is 23.8 Å². The van der Waals surface area contributed by atoms with Crippen molar-refractivity contribution in [2.75, 3.05) is 18.6 Å². The molecule has 2 unspecified atom stereocenters. The summed E-state index contributed by atoms with van der Waals surface area (Å²) in [6, 6.07) is 0.929. The highest BCUT2D eigenvalue weighted by molar-refractivity contribution is 7.98. The molecule has 0 bridgehead atoms. The molecule has 5 heteroatoms. The average Bonchev–Trinajstić information content (AvgIpc) is 2.18. The fourth-order valence-electron chi connectivity index (χ4n) is 1.94. The lowest BCUT2D eigenvalue weighted by atomic mass is 10.0. The molecule has 1 aliphatic heterocycles. The third-order valence-corrected chi connectivity index (χ3v) is 3.44. The molecule has 2 atom stereocenters. The Morgan fingerprint density at radius 2 is 2.31 bits per heavy atom. The van der Waals surface area contributed by atoms with Gasteiger partial charge in [-0.1, -0.05) is 0 Å². The highest BCUT2D eigenvalue weighted by atomic mass is 35.5. The number of nitrogens with one attached hydrogen (secondary N) is 2. The molecule has 0 aliphatic carbocycles. The van der Waals surface area contributed by atoms with Crippen molar-refractivity contribution in [2.24, 2.45) is 0 Å². The number of piperidine rings is 1. The van der Waals surface area contributed by atoms with Gasteiger partial charge in [0.25, 0.3) is 0 Å². The minimum Gasteiger partial charge on any atom is -0.353 e. The molecule has 0 aromatic carbocycles. The highest BCUT2D eigenvalue weighted by Crippen LogP contribution is 2.08. The predicted molar refractivity (Wildman–Crippen MR) is 73.5 cm³/mol. The first-order valence-corrected chi connectivity index (χ1v) is 7.13. The van der Waals surface area contributed by atoms with E-state index in [1.54, 1.807) is 11.8 Å². The summed E-state index contributed by atoms with van der Waals surface area (Å²) >= 11 is 1.80. The van der Waals surface area contributed by atoms with Crippen molar-refractivity contribution in [3.05, 3.63) is 0 Å². The monoisotopic (exact) mass is 266 g/mol. The van der Waals surface area contributed by atoms with Crippen LogP contribution in [0.3, 0.4) is 0 Å². The van der Waals surface area contributed by atoms with Crippen LogP contribution >= 0.6 is 24.2 Å². The van der Waals surface area contributed by atoms with Crippen LogP contribution in [0.2, 0.25) is 0 Å². The molecule has 0 aromatic rings. The van der Waals surface area contributed by atoms with Gasteiger partial charge < -0.3 is 10.6 Å². The lowest BCUT2D eigenvalue weighted by Gasteiger charge is -2.28. The van der Waals surface area contributed by atoms with Crippen molar-refractivity contribution in [3.63, 3.8) is 0 Å². The first-order valence-electron chi connectivity index (χ1n) is 5.74. The van der Waals surface area contributed by atoms with Crippen molar-refractivity contribution >= 4 is 30.1 Å². The van der Waals surface area contributed by atoms with Gasteiger partial charge in [0.2, 0.25) is 5.91 Å². The van der Waals surface area contributed by atoms with Crippen LogP contribution in [0.25, 0.3) is 0 Å². The number of hydrogen-bond acceptors (Lipinski definition) is 3. The summed E-state index contributed by atoms with van der Waals surface area (Å²) in [4.78, 5) is 11.6. The van der Waals surface area contributed by atoms with Crippen LogP contribution in [0, 0.1) is 0 Å². The Kier molecular flexibility index (Phi) is 9.18. The van der Waals surface area contributed by atoms with Crippen LogP contribution in [0.4, 0.5) is 0 Å². The standard InChI is InChI=1S/C11H22N2OS.ClH/c1-9-8-10(5-6-12-9)13-11(14)4-3-7-15-2;/h9-10,12H,3-8H2,1-2H3,(H,13,14);1H. The zero-order valence-electron chi connectivity index (χ0n) is 10.1. The molecule has 1 rings (SSSR count). The van der Waals surface area contributed by atoms with Crippen molar-refractivity contribution in [2.45, 2.75) is 44.7 Å². The van der Waals surface area contributed by atoms with Gasteiger partial charge in [-0.15, -0.1) is 12.4 Å². The number of thioether (sulfide) groups is 1. The fraction of sp³-hybridized carbons (Fsp3) is 0.909. The minimum atomic E-state index is 0. The van der Waals surface area contributed by atoms with Gasteiger partial charge >= 0.3 is 0 Å². The summed E-state index contributed by atoms with van der Waals surface area (Å²) in [5.74, 6) is 1.30. The second kappa shape index (κ2) is 9.14. The Labute approximate surface area is 109 Å². The van der Waals surface area contributed by atoms with Crippen LogP contribution in [0.15, 0.2) is 0 Å². The van der Waals surface area contributed by atoms with E-state index in [1.165, 1.54) is 0 Å². The number of halogens is 1. The number of carbonyl (C=O) groups is 1. The molecule has 0 saturated carbocycles. The smallest absolute Gasteiger partial charge is 0.220 e. The van der Waals surface area contributed by atoms with E-state index in [-0.39, 0.29) is 18.3 Å². The van der Waals surface area contributed by atoms with E-state index in [1.807, 2.05) is 0 Å². The van der Waals surface area contributed by atoms with Gasteiger partial charge in [0.15, 0.2) is 0 Å². The zero-order valence-corrected chi connectivity index (χ0v) is 11.8. The SMILES string of the molecule is CSCCCC(=O)NC1CCNC(C)C1.Cl. The van der Waals surface area contributed by atoms with E-state index in [9.17, 15) is 4.79 Å². The lowest BCUT2D eigenvalue weighted by molar-refractivity contribution is -0.122. The van der Waals surface area contributed by atoms with E-state index in [4.69, 9.17) is 0 Å². The number of carbonyl (C=O) groups excluding carboxylic acids is 1. The molecule has 16 heavy (non-hydrogen) atoms. The van der Waals surface area contributed by atoms with Gasteiger partial charge in [-0.3, -0.25) is 4.79 Å².